The third-order valence-corrected chi connectivity index (χ3v) is 5.12. The van der Waals surface area contributed by atoms with E-state index in [2.05, 4.69) is 10.0 Å². The molecule has 3 N–H and O–H groups in total. The molecule has 0 atom stereocenters. The Morgan fingerprint density at radius 1 is 1.29 bits per heavy atom. The first-order valence-corrected chi connectivity index (χ1v) is 8.29. The Bertz CT molecular complexity index is 606. The van der Waals surface area contributed by atoms with Crippen molar-refractivity contribution in [2.24, 2.45) is 5.41 Å². The fraction of sp³-hybridized carbons (Fsp3) is 0.500. The summed E-state index contributed by atoms with van der Waals surface area (Å²) in [5.74, 6) is -0.132. The van der Waals surface area contributed by atoms with E-state index in [-0.39, 0.29) is 29.4 Å². The molecule has 116 valence electrons. The highest BCUT2D eigenvalue weighted by Crippen LogP contribution is 2.44. The number of aliphatic hydroxyl groups excluding tert-OH is 1. The largest absolute Gasteiger partial charge is 0.396 e. The van der Waals surface area contributed by atoms with Gasteiger partial charge in [-0.05, 0) is 30.5 Å². The minimum atomic E-state index is -3.56. The molecule has 0 bridgehead atoms. The van der Waals surface area contributed by atoms with E-state index in [4.69, 9.17) is 0 Å². The van der Waals surface area contributed by atoms with E-state index < -0.39 is 10.0 Å². The number of hydrogen-bond donors (Lipinski definition) is 3. The molecular weight excluding hydrogens is 292 g/mol. The topological polar surface area (TPSA) is 95.5 Å². The molecule has 7 heteroatoms. The first-order chi connectivity index (χ1) is 9.87. The average Bonchev–Trinajstić information content (AvgIpc) is 3.24. The Morgan fingerprint density at radius 3 is 2.38 bits per heavy atom. The lowest BCUT2D eigenvalue weighted by Gasteiger charge is -2.13. The van der Waals surface area contributed by atoms with Crippen LogP contribution in [0, 0.1) is 5.41 Å². The third kappa shape index (κ3) is 4.26. The van der Waals surface area contributed by atoms with E-state index in [1.165, 1.54) is 19.1 Å². The van der Waals surface area contributed by atoms with Crippen molar-refractivity contribution in [2.75, 3.05) is 13.2 Å². The maximum absolute atomic E-state index is 12.1. The molecule has 1 saturated carbocycles. The lowest BCUT2D eigenvalue weighted by atomic mass is 10.1. The summed E-state index contributed by atoms with van der Waals surface area (Å²) >= 11 is 0. The highest BCUT2D eigenvalue weighted by molar-refractivity contribution is 7.89. The standard InChI is InChI=1S/C14H20N2O4S/c1-11(18)15-8-12-2-4-13(5-3-12)21(19,20)16-9-14(10-17)6-7-14/h2-5,16-17H,6-10H2,1H3,(H,15,18). The number of hydrogen-bond acceptors (Lipinski definition) is 4. The van der Waals surface area contributed by atoms with Crippen molar-refractivity contribution in [2.45, 2.75) is 31.2 Å². The van der Waals surface area contributed by atoms with Gasteiger partial charge in [-0.25, -0.2) is 13.1 Å². The number of benzene rings is 1. The van der Waals surface area contributed by atoms with Crippen LogP contribution in [0.25, 0.3) is 0 Å². The van der Waals surface area contributed by atoms with Crippen LogP contribution in [0.4, 0.5) is 0 Å². The zero-order valence-electron chi connectivity index (χ0n) is 11.9. The molecule has 2 rings (SSSR count). The van der Waals surface area contributed by atoms with Crippen LogP contribution in [0.2, 0.25) is 0 Å². The number of amides is 1. The molecule has 0 aliphatic heterocycles. The normalized spacial score (nSPS) is 16.5. The van der Waals surface area contributed by atoms with Gasteiger partial charge in [0.2, 0.25) is 15.9 Å². The van der Waals surface area contributed by atoms with E-state index in [1.54, 1.807) is 12.1 Å². The van der Waals surface area contributed by atoms with Gasteiger partial charge in [0, 0.05) is 32.0 Å². The molecule has 0 radical (unpaired) electrons. The lowest BCUT2D eigenvalue weighted by molar-refractivity contribution is -0.119. The van der Waals surface area contributed by atoms with E-state index >= 15 is 0 Å². The fourth-order valence-electron chi connectivity index (χ4n) is 1.91. The van der Waals surface area contributed by atoms with Crippen LogP contribution >= 0.6 is 0 Å². The van der Waals surface area contributed by atoms with Crippen LogP contribution in [-0.2, 0) is 21.4 Å². The van der Waals surface area contributed by atoms with Crippen molar-refractivity contribution in [3.05, 3.63) is 29.8 Å². The van der Waals surface area contributed by atoms with Gasteiger partial charge in [-0.1, -0.05) is 12.1 Å². The summed E-state index contributed by atoms with van der Waals surface area (Å²) in [6, 6.07) is 6.36. The summed E-state index contributed by atoms with van der Waals surface area (Å²) in [7, 11) is -3.56. The summed E-state index contributed by atoms with van der Waals surface area (Å²) in [5, 5.41) is 11.8. The molecule has 0 heterocycles. The average molecular weight is 312 g/mol. The Labute approximate surface area is 124 Å². The number of carbonyl (C=O) groups excluding carboxylic acids is 1. The molecule has 1 aliphatic rings. The molecule has 6 nitrogen and oxygen atoms in total. The monoisotopic (exact) mass is 312 g/mol. The molecule has 1 fully saturated rings. The van der Waals surface area contributed by atoms with Crippen LogP contribution in [-0.4, -0.2) is 32.6 Å². The second-order valence-corrected chi connectivity index (χ2v) is 7.30. The van der Waals surface area contributed by atoms with Crippen molar-refractivity contribution >= 4 is 15.9 Å². The first-order valence-electron chi connectivity index (χ1n) is 6.81. The molecule has 0 aromatic heterocycles. The molecule has 1 aliphatic carbocycles. The Kier molecular flexibility index (Phi) is 4.65. The van der Waals surface area contributed by atoms with E-state index in [9.17, 15) is 18.3 Å². The van der Waals surface area contributed by atoms with Crippen LogP contribution < -0.4 is 10.0 Å². The Hall–Kier alpha value is -1.44. The minimum Gasteiger partial charge on any atom is -0.396 e. The van der Waals surface area contributed by atoms with Gasteiger partial charge in [-0.2, -0.15) is 0 Å². The Morgan fingerprint density at radius 2 is 1.90 bits per heavy atom. The molecule has 0 saturated heterocycles. The van der Waals surface area contributed by atoms with E-state index in [0.29, 0.717) is 6.54 Å². The minimum absolute atomic E-state index is 0.00513. The predicted octanol–water partition coefficient (Wildman–Crippen LogP) is 0.373. The zero-order valence-corrected chi connectivity index (χ0v) is 12.7. The SMILES string of the molecule is CC(=O)NCc1ccc(S(=O)(=O)NCC2(CO)CC2)cc1. The van der Waals surface area contributed by atoms with Crippen LogP contribution in [0.1, 0.15) is 25.3 Å². The van der Waals surface area contributed by atoms with Gasteiger partial charge < -0.3 is 10.4 Å². The number of aliphatic hydroxyl groups is 1. The van der Waals surface area contributed by atoms with Gasteiger partial charge >= 0.3 is 0 Å². The number of sulfonamides is 1. The summed E-state index contributed by atoms with van der Waals surface area (Å²) in [6.07, 6.45) is 1.70. The summed E-state index contributed by atoms with van der Waals surface area (Å²) in [6.45, 7) is 2.07. The summed E-state index contributed by atoms with van der Waals surface area (Å²) in [4.78, 5) is 11.0. The third-order valence-electron chi connectivity index (χ3n) is 3.70. The summed E-state index contributed by atoms with van der Waals surface area (Å²) < 4.78 is 26.8. The van der Waals surface area contributed by atoms with E-state index in [1.807, 2.05) is 0 Å². The van der Waals surface area contributed by atoms with Crippen molar-refractivity contribution in [3.63, 3.8) is 0 Å². The van der Waals surface area contributed by atoms with Crippen molar-refractivity contribution in [1.29, 1.82) is 0 Å². The van der Waals surface area contributed by atoms with Crippen molar-refractivity contribution in [3.8, 4) is 0 Å². The van der Waals surface area contributed by atoms with Crippen LogP contribution in [0.15, 0.2) is 29.2 Å². The van der Waals surface area contributed by atoms with Gasteiger partial charge in [-0.15, -0.1) is 0 Å². The fourth-order valence-corrected chi connectivity index (χ4v) is 3.07. The predicted molar refractivity (Wildman–Crippen MR) is 77.9 cm³/mol. The van der Waals surface area contributed by atoms with Gasteiger partial charge in [0.25, 0.3) is 0 Å². The second kappa shape index (κ2) is 6.13. The van der Waals surface area contributed by atoms with Gasteiger partial charge in [-0.3, -0.25) is 4.79 Å². The summed E-state index contributed by atoms with van der Waals surface area (Å²) in [5.41, 5.74) is 0.566. The van der Waals surface area contributed by atoms with Crippen molar-refractivity contribution in [1.82, 2.24) is 10.0 Å². The smallest absolute Gasteiger partial charge is 0.240 e. The first kappa shape index (κ1) is 15.9. The maximum Gasteiger partial charge on any atom is 0.240 e. The molecular formula is C14H20N2O4S. The number of rotatable bonds is 7. The van der Waals surface area contributed by atoms with Gasteiger partial charge in [0.15, 0.2) is 0 Å². The highest BCUT2D eigenvalue weighted by atomic mass is 32.2. The molecule has 1 aromatic rings. The lowest BCUT2D eigenvalue weighted by Crippen LogP contribution is -2.31. The van der Waals surface area contributed by atoms with E-state index in [0.717, 1.165) is 18.4 Å². The highest BCUT2D eigenvalue weighted by Gasteiger charge is 2.42. The number of carbonyl (C=O) groups is 1. The molecule has 1 aromatic carbocycles. The quantitative estimate of drug-likeness (QED) is 0.678. The zero-order chi connectivity index (χ0) is 15.5. The number of nitrogens with one attached hydrogen (secondary N) is 2. The molecule has 0 spiro atoms. The van der Waals surface area contributed by atoms with Gasteiger partial charge in [0.1, 0.15) is 0 Å². The maximum atomic E-state index is 12.1. The Balaban J connectivity index is 1.98. The van der Waals surface area contributed by atoms with Crippen molar-refractivity contribution < 1.29 is 18.3 Å². The van der Waals surface area contributed by atoms with Gasteiger partial charge in [0.05, 0.1) is 4.90 Å². The molecule has 0 unspecified atom stereocenters. The second-order valence-electron chi connectivity index (χ2n) is 5.54. The van der Waals surface area contributed by atoms with Crippen LogP contribution in [0.5, 0.6) is 0 Å². The molecule has 1 amide bonds. The molecule has 21 heavy (non-hydrogen) atoms. The van der Waals surface area contributed by atoms with Crippen LogP contribution in [0.3, 0.4) is 0 Å².